The average molecular weight is 174 g/mol. The Hall–Kier alpha value is -1.58. The van der Waals surface area contributed by atoms with Crippen LogP contribution >= 0.6 is 0 Å². The summed E-state index contributed by atoms with van der Waals surface area (Å²) < 4.78 is 2.19. The van der Waals surface area contributed by atoms with Crippen molar-refractivity contribution < 1.29 is 0 Å². The van der Waals surface area contributed by atoms with Gasteiger partial charge in [0, 0.05) is 12.1 Å². The summed E-state index contributed by atoms with van der Waals surface area (Å²) in [4.78, 5) is 8.27. The van der Waals surface area contributed by atoms with Gasteiger partial charge in [0.25, 0.3) is 0 Å². The summed E-state index contributed by atoms with van der Waals surface area (Å²) in [7, 11) is 0. The van der Waals surface area contributed by atoms with Crippen LogP contribution in [0.1, 0.15) is 18.9 Å². The summed E-state index contributed by atoms with van der Waals surface area (Å²) in [6, 6.07) is 2.53. The Morgan fingerprint density at radius 3 is 3.00 bits per heavy atom. The minimum Gasteiger partial charge on any atom is -0.384 e. The molecule has 0 aliphatic heterocycles. The maximum absolute atomic E-state index is 5.62. The van der Waals surface area contributed by atoms with E-state index in [4.69, 9.17) is 5.73 Å². The highest BCUT2D eigenvalue weighted by Crippen LogP contribution is 2.37. The first-order valence-corrected chi connectivity index (χ1v) is 4.42. The Labute approximate surface area is 75.4 Å². The van der Waals surface area contributed by atoms with E-state index in [1.807, 2.05) is 12.4 Å². The fraction of sp³-hybridized carbons (Fsp3) is 0.333. The van der Waals surface area contributed by atoms with E-state index in [1.54, 1.807) is 6.20 Å². The molecule has 0 saturated heterocycles. The number of aromatic nitrogens is 3. The monoisotopic (exact) mass is 174 g/mol. The van der Waals surface area contributed by atoms with Gasteiger partial charge in [0.05, 0.1) is 18.0 Å². The molecule has 4 nitrogen and oxygen atoms in total. The molecular formula is C9H10N4. The van der Waals surface area contributed by atoms with Crippen molar-refractivity contribution in [2.24, 2.45) is 0 Å². The summed E-state index contributed by atoms with van der Waals surface area (Å²) >= 11 is 0. The van der Waals surface area contributed by atoms with Crippen LogP contribution in [-0.4, -0.2) is 14.5 Å². The summed E-state index contributed by atoms with van der Waals surface area (Å²) in [6.07, 6.45) is 6.12. The molecule has 66 valence electrons. The highest BCUT2D eigenvalue weighted by atomic mass is 15.1. The van der Waals surface area contributed by atoms with Crippen molar-refractivity contribution in [3.05, 3.63) is 18.6 Å². The molecule has 4 heteroatoms. The van der Waals surface area contributed by atoms with E-state index in [0.717, 1.165) is 11.0 Å². The van der Waals surface area contributed by atoms with Gasteiger partial charge in [-0.3, -0.25) is 0 Å². The normalized spacial score (nSPS) is 16.6. The molecule has 0 spiro atoms. The molecule has 2 aromatic heterocycles. The van der Waals surface area contributed by atoms with Gasteiger partial charge in [0.1, 0.15) is 11.3 Å². The zero-order valence-corrected chi connectivity index (χ0v) is 7.14. The maximum Gasteiger partial charge on any atom is 0.125 e. The average Bonchev–Trinajstić information content (AvgIpc) is 2.87. The van der Waals surface area contributed by atoms with E-state index in [2.05, 4.69) is 14.5 Å². The lowest BCUT2D eigenvalue weighted by molar-refractivity contribution is 0.766. The third kappa shape index (κ3) is 0.983. The molecule has 2 aromatic rings. The lowest BCUT2D eigenvalue weighted by Gasteiger charge is -2.00. The van der Waals surface area contributed by atoms with E-state index in [1.165, 1.54) is 12.8 Å². The molecule has 0 bridgehead atoms. The van der Waals surface area contributed by atoms with Crippen LogP contribution in [0.4, 0.5) is 5.82 Å². The minimum atomic E-state index is 0.565. The smallest absolute Gasteiger partial charge is 0.125 e. The van der Waals surface area contributed by atoms with Crippen molar-refractivity contribution in [2.45, 2.75) is 18.9 Å². The lowest BCUT2D eigenvalue weighted by atomic mass is 10.4. The molecule has 0 radical (unpaired) electrons. The number of rotatable bonds is 1. The van der Waals surface area contributed by atoms with Gasteiger partial charge in [0.2, 0.25) is 0 Å². The Kier molecular flexibility index (Phi) is 1.17. The van der Waals surface area contributed by atoms with Gasteiger partial charge in [-0.2, -0.15) is 0 Å². The van der Waals surface area contributed by atoms with Crippen molar-refractivity contribution in [1.29, 1.82) is 0 Å². The molecule has 1 fully saturated rings. The molecule has 0 unspecified atom stereocenters. The van der Waals surface area contributed by atoms with Crippen molar-refractivity contribution >= 4 is 16.9 Å². The predicted octanol–water partition coefficient (Wildman–Crippen LogP) is 1.35. The van der Waals surface area contributed by atoms with Gasteiger partial charge in [-0.1, -0.05) is 0 Å². The minimum absolute atomic E-state index is 0.565. The molecule has 3 rings (SSSR count). The van der Waals surface area contributed by atoms with Crippen LogP contribution in [0.25, 0.3) is 11.0 Å². The van der Waals surface area contributed by atoms with E-state index in [9.17, 15) is 0 Å². The van der Waals surface area contributed by atoms with E-state index >= 15 is 0 Å². The quantitative estimate of drug-likeness (QED) is 0.709. The molecule has 0 amide bonds. The molecular weight excluding hydrogens is 164 g/mol. The number of imidazole rings is 1. The zero-order valence-electron chi connectivity index (χ0n) is 7.14. The van der Waals surface area contributed by atoms with E-state index in [-0.39, 0.29) is 0 Å². The van der Waals surface area contributed by atoms with E-state index < -0.39 is 0 Å². The Balaban J connectivity index is 2.29. The standard InChI is InChI=1S/C9H10N4/c10-9-3-8-7(4-11-9)12-5-13(8)6-1-2-6/h3-6H,1-2H2,(H2,10,11). The van der Waals surface area contributed by atoms with Crippen molar-refractivity contribution in [1.82, 2.24) is 14.5 Å². The van der Waals surface area contributed by atoms with Gasteiger partial charge in [0.15, 0.2) is 0 Å². The number of hydrogen-bond donors (Lipinski definition) is 1. The largest absolute Gasteiger partial charge is 0.384 e. The van der Waals surface area contributed by atoms with Gasteiger partial charge in [-0.25, -0.2) is 9.97 Å². The topological polar surface area (TPSA) is 56.7 Å². The first kappa shape index (κ1) is 6.88. The maximum atomic E-state index is 5.62. The molecule has 2 N–H and O–H groups in total. The zero-order chi connectivity index (χ0) is 8.84. The van der Waals surface area contributed by atoms with Crippen molar-refractivity contribution in [2.75, 3.05) is 5.73 Å². The number of nitrogens with zero attached hydrogens (tertiary/aromatic N) is 3. The van der Waals surface area contributed by atoms with Gasteiger partial charge >= 0.3 is 0 Å². The summed E-state index contributed by atoms with van der Waals surface area (Å²) in [5, 5.41) is 0. The van der Waals surface area contributed by atoms with E-state index in [0.29, 0.717) is 11.9 Å². The molecule has 2 heterocycles. The van der Waals surface area contributed by atoms with Crippen LogP contribution in [0.2, 0.25) is 0 Å². The molecule has 0 atom stereocenters. The molecule has 0 aromatic carbocycles. The number of pyridine rings is 1. The summed E-state index contributed by atoms with van der Waals surface area (Å²) in [5.74, 6) is 0.565. The number of nitrogen functional groups attached to an aromatic ring is 1. The molecule has 1 saturated carbocycles. The van der Waals surface area contributed by atoms with Gasteiger partial charge < -0.3 is 10.3 Å². The number of anilines is 1. The third-order valence-electron chi connectivity index (χ3n) is 2.42. The van der Waals surface area contributed by atoms with Gasteiger partial charge in [-0.15, -0.1) is 0 Å². The molecule has 1 aliphatic carbocycles. The van der Waals surface area contributed by atoms with Crippen LogP contribution in [-0.2, 0) is 0 Å². The fourth-order valence-corrected chi connectivity index (χ4v) is 1.59. The number of hydrogen-bond acceptors (Lipinski definition) is 3. The highest BCUT2D eigenvalue weighted by molar-refractivity contribution is 5.77. The molecule has 13 heavy (non-hydrogen) atoms. The van der Waals surface area contributed by atoms with Crippen LogP contribution in [0.5, 0.6) is 0 Å². The summed E-state index contributed by atoms with van der Waals surface area (Å²) in [6.45, 7) is 0. The Morgan fingerprint density at radius 1 is 1.38 bits per heavy atom. The molecule has 1 aliphatic rings. The predicted molar refractivity (Wildman–Crippen MR) is 50.2 cm³/mol. The summed E-state index contributed by atoms with van der Waals surface area (Å²) in [5.41, 5.74) is 7.66. The van der Waals surface area contributed by atoms with Gasteiger partial charge in [-0.05, 0) is 12.8 Å². The number of fused-ring (bicyclic) bond motifs is 1. The van der Waals surface area contributed by atoms with Crippen LogP contribution in [0, 0.1) is 0 Å². The van der Waals surface area contributed by atoms with Crippen LogP contribution in [0.15, 0.2) is 18.6 Å². The third-order valence-corrected chi connectivity index (χ3v) is 2.42. The second kappa shape index (κ2) is 2.22. The van der Waals surface area contributed by atoms with Crippen molar-refractivity contribution in [3.8, 4) is 0 Å². The Bertz CT molecular complexity index is 456. The van der Waals surface area contributed by atoms with Crippen molar-refractivity contribution in [3.63, 3.8) is 0 Å². The Morgan fingerprint density at radius 2 is 2.23 bits per heavy atom. The SMILES string of the molecule is Nc1cc2c(cn1)ncn2C1CC1. The lowest BCUT2D eigenvalue weighted by Crippen LogP contribution is -1.93. The van der Waals surface area contributed by atoms with Crippen LogP contribution in [0.3, 0.4) is 0 Å². The highest BCUT2D eigenvalue weighted by Gasteiger charge is 2.24. The fourth-order valence-electron chi connectivity index (χ4n) is 1.59. The first-order valence-electron chi connectivity index (χ1n) is 4.42. The second-order valence-corrected chi connectivity index (χ2v) is 3.48. The second-order valence-electron chi connectivity index (χ2n) is 3.48. The number of nitrogens with two attached hydrogens (primary N) is 1. The van der Waals surface area contributed by atoms with Crippen LogP contribution < -0.4 is 5.73 Å². The first-order chi connectivity index (χ1) is 6.34.